The average molecular weight is 356 g/mol. The Bertz CT molecular complexity index is 789. The molecule has 138 valence electrons. The van der Waals surface area contributed by atoms with Crippen LogP contribution in [-0.4, -0.2) is 44.0 Å². The van der Waals surface area contributed by atoms with Crippen molar-refractivity contribution < 1.29 is 19.1 Å². The number of hydrogen-bond acceptors (Lipinski definition) is 4. The van der Waals surface area contributed by atoms with E-state index in [1.54, 1.807) is 50.6 Å². The van der Waals surface area contributed by atoms with Crippen LogP contribution >= 0.6 is 0 Å². The van der Waals surface area contributed by atoms with Gasteiger partial charge in [-0.3, -0.25) is 9.59 Å². The molecule has 26 heavy (non-hydrogen) atoms. The maximum Gasteiger partial charge on any atom is 0.254 e. The smallest absolute Gasteiger partial charge is 0.254 e. The number of carbonyl (C=O) groups excluding carboxylic acids is 2. The SMILES string of the molecule is CCN(CC(=O)Nc1cccc(OC)c1)C(=O)c1ccc(C)c(OC)c1. The van der Waals surface area contributed by atoms with Crippen LogP contribution < -0.4 is 14.8 Å². The van der Waals surface area contributed by atoms with Crippen LogP contribution in [0.4, 0.5) is 5.69 Å². The third-order valence-corrected chi connectivity index (χ3v) is 4.01. The van der Waals surface area contributed by atoms with Crippen molar-refractivity contribution in [3.63, 3.8) is 0 Å². The highest BCUT2D eigenvalue weighted by atomic mass is 16.5. The minimum absolute atomic E-state index is 0.0390. The third-order valence-electron chi connectivity index (χ3n) is 4.01. The zero-order valence-corrected chi connectivity index (χ0v) is 15.5. The van der Waals surface area contributed by atoms with Crippen LogP contribution in [-0.2, 0) is 4.79 Å². The molecule has 0 heterocycles. The highest BCUT2D eigenvalue weighted by molar-refractivity contribution is 5.99. The van der Waals surface area contributed by atoms with Crippen LogP contribution in [0.15, 0.2) is 42.5 Å². The predicted molar refractivity (Wildman–Crippen MR) is 101 cm³/mol. The minimum atomic E-state index is -0.271. The molecule has 6 heteroatoms. The van der Waals surface area contributed by atoms with E-state index in [2.05, 4.69) is 5.32 Å². The molecule has 0 saturated heterocycles. The molecular weight excluding hydrogens is 332 g/mol. The Morgan fingerprint density at radius 3 is 2.50 bits per heavy atom. The summed E-state index contributed by atoms with van der Waals surface area (Å²) in [7, 11) is 3.13. The number of likely N-dealkylation sites (N-methyl/N-ethyl adjacent to an activating group) is 1. The van der Waals surface area contributed by atoms with Crippen LogP contribution in [0.2, 0.25) is 0 Å². The first-order chi connectivity index (χ1) is 12.5. The summed E-state index contributed by atoms with van der Waals surface area (Å²) in [5.41, 5.74) is 2.06. The first-order valence-electron chi connectivity index (χ1n) is 8.36. The Balaban J connectivity index is 2.07. The highest BCUT2D eigenvalue weighted by Gasteiger charge is 2.18. The lowest BCUT2D eigenvalue weighted by Crippen LogP contribution is -2.37. The normalized spacial score (nSPS) is 10.2. The number of carbonyl (C=O) groups is 2. The lowest BCUT2D eigenvalue weighted by molar-refractivity contribution is -0.116. The molecule has 0 atom stereocenters. The molecule has 2 amide bonds. The molecule has 0 spiro atoms. The Labute approximate surface area is 153 Å². The number of hydrogen-bond donors (Lipinski definition) is 1. The molecule has 0 radical (unpaired) electrons. The van der Waals surface area contributed by atoms with E-state index in [1.165, 1.54) is 4.90 Å². The number of anilines is 1. The molecule has 0 saturated carbocycles. The van der Waals surface area contributed by atoms with Crippen molar-refractivity contribution in [2.75, 3.05) is 32.6 Å². The second-order valence-corrected chi connectivity index (χ2v) is 5.78. The van der Waals surface area contributed by atoms with Gasteiger partial charge in [-0.25, -0.2) is 0 Å². The summed E-state index contributed by atoms with van der Waals surface area (Å²) in [6.45, 7) is 4.12. The van der Waals surface area contributed by atoms with E-state index < -0.39 is 0 Å². The molecule has 0 unspecified atom stereocenters. The largest absolute Gasteiger partial charge is 0.497 e. The minimum Gasteiger partial charge on any atom is -0.497 e. The lowest BCUT2D eigenvalue weighted by Gasteiger charge is -2.21. The van der Waals surface area contributed by atoms with Crippen LogP contribution in [0, 0.1) is 6.92 Å². The lowest BCUT2D eigenvalue weighted by atomic mass is 10.1. The van der Waals surface area contributed by atoms with Gasteiger partial charge in [0.1, 0.15) is 18.0 Å². The van der Waals surface area contributed by atoms with Crippen molar-refractivity contribution in [1.82, 2.24) is 4.90 Å². The Kier molecular flexibility index (Phi) is 6.60. The van der Waals surface area contributed by atoms with Crippen LogP contribution in [0.25, 0.3) is 0 Å². The summed E-state index contributed by atoms with van der Waals surface area (Å²) >= 11 is 0. The van der Waals surface area contributed by atoms with E-state index in [0.717, 1.165) is 5.56 Å². The fraction of sp³-hybridized carbons (Fsp3) is 0.300. The topological polar surface area (TPSA) is 67.9 Å². The van der Waals surface area contributed by atoms with Crippen molar-refractivity contribution >= 4 is 17.5 Å². The van der Waals surface area contributed by atoms with E-state index in [-0.39, 0.29) is 18.4 Å². The van der Waals surface area contributed by atoms with Crippen molar-refractivity contribution in [3.8, 4) is 11.5 Å². The first-order valence-corrected chi connectivity index (χ1v) is 8.36. The number of rotatable bonds is 7. The molecular formula is C20H24N2O4. The Morgan fingerprint density at radius 2 is 1.85 bits per heavy atom. The van der Waals surface area contributed by atoms with Gasteiger partial charge in [-0.1, -0.05) is 12.1 Å². The predicted octanol–water partition coefficient (Wildman–Crippen LogP) is 3.11. The molecule has 0 aliphatic heterocycles. The fourth-order valence-electron chi connectivity index (χ4n) is 2.54. The zero-order chi connectivity index (χ0) is 19.1. The monoisotopic (exact) mass is 356 g/mol. The first kappa shape index (κ1) is 19.3. The summed E-state index contributed by atoms with van der Waals surface area (Å²) in [6, 6.07) is 12.3. The van der Waals surface area contributed by atoms with Gasteiger partial charge in [-0.05, 0) is 43.7 Å². The fourth-order valence-corrected chi connectivity index (χ4v) is 2.54. The van der Waals surface area contributed by atoms with Crippen molar-refractivity contribution in [1.29, 1.82) is 0 Å². The van der Waals surface area contributed by atoms with Gasteiger partial charge in [-0.15, -0.1) is 0 Å². The number of methoxy groups -OCH3 is 2. The summed E-state index contributed by atoms with van der Waals surface area (Å²) < 4.78 is 10.4. The quantitative estimate of drug-likeness (QED) is 0.828. The van der Waals surface area contributed by atoms with Gasteiger partial charge in [0, 0.05) is 23.9 Å². The van der Waals surface area contributed by atoms with Gasteiger partial charge in [0.2, 0.25) is 5.91 Å². The molecule has 0 aliphatic rings. The van der Waals surface area contributed by atoms with Gasteiger partial charge >= 0.3 is 0 Å². The molecule has 1 N–H and O–H groups in total. The molecule has 2 aromatic carbocycles. The van der Waals surface area contributed by atoms with Crippen molar-refractivity contribution in [2.24, 2.45) is 0 Å². The van der Waals surface area contributed by atoms with E-state index in [9.17, 15) is 9.59 Å². The van der Waals surface area contributed by atoms with Gasteiger partial charge in [0.15, 0.2) is 0 Å². The van der Waals surface area contributed by atoms with Crippen LogP contribution in [0.1, 0.15) is 22.8 Å². The van der Waals surface area contributed by atoms with E-state index in [4.69, 9.17) is 9.47 Å². The molecule has 0 aliphatic carbocycles. The number of amides is 2. The molecule has 2 rings (SSSR count). The molecule has 0 aromatic heterocycles. The molecule has 0 bridgehead atoms. The van der Waals surface area contributed by atoms with Crippen molar-refractivity contribution in [2.45, 2.75) is 13.8 Å². The van der Waals surface area contributed by atoms with E-state index in [0.29, 0.717) is 29.3 Å². The van der Waals surface area contributed by atoms with Gasteiger partial charge in [0.05, 0.1) is 14.2 Å². The van der Waals surface area contributed by atoms with Crippen LogP contribution in [0.5, 0.6) is 11.5 Å². The second-order valence-electron chi connectivity index (χ2n) is 5.78. The molecule has 0 fully saturated rings. The number of nitrogens with one attached hydrogen (secondary N) is 1. The van der Waals surface area contributed by atoms with Gasteiger partial charge < -0.3 is 19.7 Å². The molecule has 2 aromatic rings. The van der Waals surface area contributed by atoms with Gasteiger partial charge in [0.25, 0.3) is 5.91 Å². The summed E-state index contributed by atoms with van der Waals surface area (Å²) in [6.07, 6.45) is 0. The summed E-state index contributed by atoms with van der Waals surface area (Å²) in [5.74, 6) is 0.810. The molecule has 6 nitrogen and oxygen atoms in total. The zero-order valence-electron chi connectivity index (χ0n) is 15.5. The van der Waals surface area contributed by atoms with Crippen LogP contribution in [0.3, 0.4) is 0 Å². The second kappa shape index (κ2) is 8.89. The number of ether oxygens (including phenoxy) is 2. The highest BCUT2D eigenvalue weighted by Crippen LogP contribution is 2.20. The van der Waals surface area contributed by atoms with E-state index in [1.807, 2.05) is 19.9 Å². The van der Waals surface area contributed by atoms with Gasteiger partial charge in [-0.2, -0.15) is 0 Å². The maximum atomic E-state index is 12.7. The summed E-state index contributed by atoms with van der Waals surface area (Å²) in [4.78, 5) is 26.5. The summed E-state index contributed by atoms with van der Waals surface area (Å²) in [5, 5.41) is 2.78. The standard InChI is InChI=1S/C20H24N2O4/c1-5-22(20(24)15-10-9-14(2)18(11-15)26-4)13-19(23)21-16-7-6-8-17(12-16)25-3/h6-12H,5,13H2,1-4H3,(H,21,23). The third kappa shape index (κ3) is 4.75. The maximum absolute atomic E-state index is 12.7. The number of nitrogens with zero attached hydrogens (tertiary/aromatic N) is 1. The van der Waals surface area contributed by atoms with E-state index >= 15 is 0 Å². The Hall–Kier alpha value is -3.02. The van der Waals surface area contributed by atoms with Crippen molar-refractivity contribution in [3.05, 3.63) is 53.6 Å². The average Bonchev–Trinajstić information content (AvgIpc) is 2.66. The number of aryl methyl sites for hydroxylation is 1. The Morgan fingerprint density at radius 1 is 1.08 bits per heavy atom. The number of benzene rings is 2.